The summed E-state index contributed by atoms with van der Waals surface area (Å²) in [5.41, 5.74) is 3.58. The zero-order chi connectivity index (χ0) is 13.7. The monoisotopic (exact) mass is 265 g/mol. The Balaban J connectivity index is 2.10. The van der Waals surface area contributed by atoms with Crippen molar-refractivity contribution in [1.29, 1.82) is 0 Å². The van der Waals surface area contributed by atoms with Crippen molar-refractivity contribution in [3.05, 3.63) is 11.9 Å². The largest absolute Gasteiger partial charge is 0.373 e. The SMILES string of the molecule is CCCc1c(NN)ncnc1NCC1(C)CCCO1. The maximum absolute atomic E-state index is 5.77. The van der Waals surface area contributed by atoms with E-state index in [9.17, 15) is 0 Å². The summed E-state index contributed by atoms with van der Waals surface area (Å²) in [7, 11) is 0. The van der Waals surface area contributed by atoms with E-state index >= 15 is 0 Å². The summed E-state index contributed by atoms with van der Waals surface area (Å²) < 4.78 is 5.77. The molecule has 19 heavy (non-hydrogen) atoms. The summed E-state index contributed by atoms with van der Waals surface area (Å²) in [5.74, 6) is 7.04. The van der Waals surface area contributed by atoms with Crippen LogP contribution in [0.4, 0.5) is 11.6 Å². The second kappa shape index (κ2) is 6.16. The number of nitrogen functional groups attached to an aromatic ring is 1. The number of rotatable bonds is 6. The molecule has 2 heterocycles. The fourth-order valence-electron chi connectivity index (χ4n) is 2.42. The number of aromatic nitrogens is 2. The van der Waals surface area contributed by atoms with Gasteiger partial charge in [0.2, 0.25) is 0 Å². The highest BCUT2D eigenvalue weighted by Gasteiger charge is 2.29. The lowest BCUT2D eigenvalue weighted by atomic mass is 10.0. The molecule has 0 aromatic carbocycles. The first-order valence-electron chi connectivity index (χ1n) is 6.87. The normalized spacial score (nSPS) is 22.5. The summed E-state index contributed by atoms with van der Waals surface area (Å²) in [6.07, 6.45) is 5.63. The lowest BCUT2D eigenvalue weighted by molar-refractivity contribution is 0.0314. The first-order valence-corrected chi connectivity index (χ1v) is 6.87. The van der Waals surface area contributed by atoms with E-state index in [4.69, 9.17) is 10.6 Å². The second-order valence-electron chi connectivity index (χ2n) is 5.20. The molecular formula is C13H23N5O. The van der Waals surface area contributed by atoms with E-state index < -0.39 is 0 Å². The van der Waals surface area contributed by atoms with Crippen LogP contribution in [0.3, 0.4) is 0 Å². The average molecular weight is 265 g/mol. The van der Waals surface area contributed by atoms with Gasteiger partial charge in [0.1, 0.15) is 18.0 Å². The number of hydrogen-bond donors (Lipinski definition) is 3. The van der Waals surface area contributed by atoms with E-state index in [1.54, 1.807) is 0 Å². The van der Waals surface area contributed by atoms with Gasteiger partial charge >= 0.3 is 0 Å². The van der Waals surface area contributed by atoms with Crippen LogP contribution < -0.4 is 16.6 Å². The fraction of sp³-hybridized carbons (Fsp3) is 0.692. The molecular weight excluding hydrogens is 242 g/mol. The van der Waals surface area contributed by atoms with Gasteiger partial charge < -0.3 is 15.5 Å². The van der Waals surface area contributed by atoms with E-state index in [0.29, 0.717) is 5.82 Å². The van der Waals surface area contributed by atoms with Gasteiger partial charge in [-0.1, -0.05) is 13.3 Å². The molecule has 0 radical (unpaired) electrons. The molecule has 0 saturated carbocycles. The van der Waals surface area contributed by atoms with Gasteiger partial charge in [-0.3, -0.25) is 0 Å². The Morgan fingerprint density at radius 1 is 1.42 bits per heavy atom. The molecule has 1 aromatic rings. The number of anilines is 2. The van der Waals surface area contributed by atoms with Gasteiger partial charge in [-0.2, -0.15) is 0 Å². The molecule has 1 aromatic heterocycles. The minimum atomic E-state index is -0.0925. The molecule has 1 fully saturated rings. The molecule has 0 bridgehead atoms. The number of nitrogens with zero attached hydrogens (tertiary/aromatic N) is 2. The van der Waals surface area contributed by atoms with Crippen molar-refractivity contribution < 1.29 is 4.74 Å². The molecule has 1 aliphatic heterocycles. The molecule has 6 heteroatoms. The van der Waals surface area contributed by atoms with Gasteiger partial charge in [-0.25, -0.2) is 15.8 Å². The van der Waals surface area contributed by atoms with Crippen LogP contribution in [0.5, 0.6) is 0 Å². The third-order valence-corrected chi connectivity index (χ3v) is 3.51. The molecule has 6 nitrogen and oxygen atoms in total. The summed E-state index contributed by atoms with van der Waals surface area (Å²) in [4.78, 5) is 8.48. The number of hydrogen-bond acceptors (Lipinski definition) is 6. The van der Waals surface area contributed by atoms with E-state index in [1.165, 1.54) is 6.33 Å². The molecule has 1 aliphatic rings. The van der Waals surface area contributed by atoms with Gasteiger partial charge in [0.05, 0.1) is 5.60 Å². The highest BCUT2D eigenvalue weighted by molar-refractivity contribution is 5.57. The van der Waals surface area contributed by atoms with Gasteiger partial charge in [-0.15, -0.1) is 0 Å². The summed E-state index contributed by atoms with van der Waals surface area (Å²) in [5, 5.41) is 3.38. The van der Waals surface area contributed by atoms with Crippen molar-refractivity contribution in [3.63, 3.8) is 0 Å². The van der Waals surface area contributed by atoms with Crippen molar-refractivity contribution in [1.82, 2.24) is 9.97 Å². The Bertz CT molecular complexity index is 417. The minimum Gasteiger partial charge on any atom is -0.373 e. The van der Waals surface area contributed by atoms with E-state index in [1.807, 2.05) is 0 Å². The summed E-state index contributed by atoms with van der Waals surface area (Å²) in [6, 6.07) is 0. The number of nitrogens with two attached hydrogens (primary N) is 1. The fourth-order valence-corrected chi connectivity index (χ4v) is 2.42. The smallest absolute Gasteiger partial charge is 0.148 e. The highest BCUT2D eigenvalue weighted by Crippen LogP contribution is 2.27. The van der Waals surface area contributed by atoms with Crippen LogP contribution in [0.1, 0.15) is 38.7 Å². The van der Waals surface area contributed by atoms with E-state index in [-0.39, 0.29) is 5.60 Å². The first kappa shape index (κ1) is 14.0. The zero-order valence-electron chi connectivity index (χ0n) is 11.7. The van der Waals surface area contributed by atoms with Crippen molar-refractivity contribution in [2.24, 2.45) is 5.84 Å². The van der Waals surface area contributed by atoms with Crippen LogP contribution >= 0.6 is 0 Å². The van der Waals surface area contributed by atoms with Crippen molar-refractivity contribution in [2.75, 3.05) is 23.9 Å². The third kappa shape index (κ3) is 3.33. The van der Waals surface area contributed by atoms with Gasteiger partial charge in [0.15, 0.2) is 0 Å². The lowest BCUT2D eigenvalue weighted by Gasteiger charge is -2.24. The van der Waals surface area contributed by atoms with Crippen molar-refractivity contribution in [3.8, 4) is 0 Å². The zero-order valence-corrected chi connectivity index (χ0v) is 11.7. The molecule has 0 amide bonds. The second-order valence-corrected chi connectivity index (χ2v) is 5.20. The molecule has 0 spiro atoms. The Morgan fingerprint density at radius 3 is 2.84 bits per heavy atom. The van der Waals surface area contributed by atoms with Crippen molar-refractivity contribution >= 4 is 11.6 Å². The quantitative estimate of drug-likeness (QED) is 0.536. The predicted molar refractivity (Wildman–Crippen MR) is 75.9 cm³/mol. The van der Waals surface area contributed by atoms with Crippen molar-refractivity contribution in [2.45, 2.75) is 45.1 Å². The van der Waals surface area contributed by atoms with Crippen LogP contribution in [-0.4, -0.2) is 28.7 Å². The van der Waals surface area contributed by atoms with Gasteiger partial charge in [0.25, 0.3) is 0 Å². The van der Waals surface area contributed by atoms with Gasteiger partial charge in [0, 0.05) is 18.7 Å². The third-order valence-electron chi connectivity index (χ3n) is 3.51. The number of hydrazine groups is 1. The molecule has 106 valence electrons. The maximum Gasteiger partial charge on any atom is 0.148 e. The molecule has 0 aliphatic carbocycles. The molecule has 1 saturated heterocycles. The number of ether oxygens (including phenoxy) is 1. The molecule has 1 unspecified atom stereocenters. The first-order chi connectivity index (χ1) is 9.18. The Hall–Kier alpha value is -1.40. The summed E-state index contributed by atoms with van der Waals surface area (Å²) in [6.45, 7) is 5.86. The number of nitrogens with one attached hydrogen (secondary N) is 2. The Morgan fingerprint density at radius 2 is 2.21 bits per heavy atom. The molecule has 4 N–H and O–H groups in total. The molecule has 2 rings (SSSR count). The predicted octanol–water partition coefficient (Wildman–Crippen LogP) is 1.70. The topological polar surface area (TPSA) is 85.1 Å². The van der Waals surface area contributed by atoms with Crippen LogP contribution in [0, 0.1) is 0 Å². The van der Waals surface area contributed by atoms with Gasteiger partial charge in [-0.05, 0) is 26.2 Å². The van der Waals surface area contributed by atoms with Crippen LogP contribution in [-0.2, 0) is 11.2 Å². The molecule has 1 atom stereocenters. The Kier molecular flexibility index (Phi) is 4.55. The average Bonchev–Trinajstić information content (AvgIpc) is 2.85. The lowest BCUT2D eigenvalue weighted by Crippen LogP contribution is -2.33. The van der Waals surface area contributed by atoms with Crippen LogP contribution in [0.25, 0.3) is 0 Å². The minimum absolute atomic E-state index is 0.0925. The van der Waals surface area contributed by atoms with E-state index in [0.717, 1.165) is 50.2 Å². The van der Waals surface area contributed by atoms with Crippen LogP contribution in [0.15, 0.2) is 6.33 Å². The highest BCUT2D eigenvalue weighted by atomic mass is 16.5. The maximum atomic E-state index is 5.77. The Labute approximate surface area is 114 Å². The summed E-state index contributed by atoms with van der Waals surface area (Å²) >= 11 is 0. The van der Waals surface area contributed by atoms with Crippen LogP contribution in [0.2, 0.25) is 0 Å². The van der Waals surface area contributed by atoms with E-state index in [2.05, 4.69) is 34.6 Å². The standard InChI is InChI=1S/C13H23N5O/c1-3-5-10-11(16-9-17-12(10)18-14)15-8-13(2)6-4-7-19-13/h9H,3-8,14H2,1-2H3,(H2,15,16,17,18).